The van der Waals surface area contributed by atoms with Crippen LogP contribution in [0.2, 0.25) is 0 Å². The fourth-order valence-corrected chi connectivity index (χ4v) is 3.91. The van der Waals surface area contributed by atoms with E-state index in [4.69, 9.17) is 14.6 Å². The monoisotopic (exact) mass is 471 g/mol. The van der Waals surface area contributed by atoms with Crippen molar-refractivity contribution in [2.75, 3.05) is 0 Å². The van der Waals surface area contributed by atoms with Crippen molar-refractivity contribution in [3.05, 3.63) is 89.6 Å². The Balaban J connectivity index is 1.52. The first-order chi connectivity index (χ1) is 16.6. The van der Waals surface area contributed by atoms with E-state index >= 15 is 0 Å². The average Bonchev–Trinajstić information content (AvgIpc) is 3.14. The van der Waals surface area contributed by atoms with Gasteiger partial charge in [0.15, 0.2) is 0 Å². The summed E-state index contributed by atoms with van der Waals surface area (Å²) in [6.45, 7) is 7.76. The minimum absolute atomic E-state index is 0.00661. The van der Waals surface area contributed by atoms with Crippen LogP contribution in [-0.2, 0) is 22.6 Å². The molecule has 0 aliphatic rings. The molecule has 0 saturated carbocycles. The molecule has 0 amide bonds. The zero-order valence-electron chi connectivity index (χ0n) is 20.4. The molecule has 0 spiro atoms. The van der Waals surface area contributed by atoms with Crippen LogP contribution in [-0.4, -0.2) is 27.3 Å². The number of hydrogen-bond donors (Lipinski definition) is 1. The molecule has 1 heterocycles. The number of aromatic nitrogens is 1. The van der Waals surface area contributed by atoms with Gasteiger partial charge in [-0.15, -0.1) is 0 Å². The van der Waals surface area contributed by atoms with Gasteiger partial charge in [-0.3, -0.25) is 4.79 Å². The van der Waals surface area contributed by atoms with Crippen LogP contribution in [0.25, 0.3) is 22.0 Å². The molecule has 1 N–H and O–H groups in total. The molecule has 0 saturated heterocycles. The molecular formula is C29H29NO5. The Kier molecular flexibility index (Phi) is 6.65. The summed E-state index contributed by atoms with van der Waals surface area (Å²) in [7, 11) is 0. The number of nitrogens with zero attached hydrogens (tertiary/aromatic N) is 1. The molecule has 0 radical (unpaired) electrons. The number of carbonyl (C=O) groups is 2. The van der Waals surface area contributed by atoms with Crippen LogP contribution in [0.1, 0.15) is 37.6 Å². The van der Waals surface area contributed by atoms with E-state index < -0.39 is 17.7 Å². The second-order valence-corrected chi connectivity index (χ2v) is 9.59. The number of aryl methyl sites for hydroxylation is 1. The predicted octanol–water partition coefficient (Wildman–Crippen LogP) is 6.61. The van der Waals surface area contributed by atoms with E-state index in [2.05, 4.69) is 0 Å². The van der Waals surface area contributed by atoms with Crippen LogP contribution in [0, 0.1) is 6.92 Å². The molecule has 6 heteroatoms. The lowest BCUT2D eigenvalue weighted by Crippen LogP contribution is -2.28. The minimum atomic E-state index is -0.847. The van der Waals surface area contributed by atoms with Gasteiger partial charge in [0.05, 0.1) is 17.6 Å². The number of aliphatic carboxylic acids is 1. The largest absolute Gasteiger partial charge is 0.487 e. The third-order valence-electron chi connectivity index (χ3n) is 5.49. The number of hydrogen-bond acceptors (Lipinski definition) is 4. The molecule has 3 aromatic carbocycles. The lowest BCUT2D eigenvalue weighted by molar-refractivity contribution is -0.136. The van der Waals surface area contributed by atoms with Crippen LogP contribution >= 0.6 is 0 Å². The van der Waals surface area contributed by atoms with Gasteiger partial charge in [0.25, 0.3) is 0 Å². The highest BCUT2D eigenvalue weighted by Crippen LogP contribution is 2.26. The van der Waals surface area contributed by atoms with Crippen LogP contribution in [0.5, 0.6) is 5.75 Å². The Bertz CT molecular complexity index is 1360. The summed E-state index contributed by atoms with van der Waals surface area (Å²) >= 11 is 0. The molecule has 0 fully saturated rings. The van der Waals surface area contributed by atoms with Gasteiger partial charge < -0.3 is 14.6 Å². The summed E-state index contributed by atoms with van der Waals surface area (Å²) in [6, 6.07) is 23.0. The van der Waals surface area contributed by atoms with E-state index in [0.29, 0.717) is 11.4 Å². The van der Waals surface area contributed by atoms with Crippen molar-refractivity contribution in [2.45, 2.75) is 46.3 Å². The van der Waals surface area contributed by atoms with Crippen molar-refractivity contribution in [2.24, 2.45) is 0 Å². The van der Waals surface area contributed by atoms with E-state index in [9.17, 15) is 9.59 Å². The number of carboxylic acid groups (broad SMARTS) is 1. The average molecular weight is 472 g/mol. The number of carboxylic acids is 1. The Morgan fingerprint density at radius 1 is 0.886 bits per heavy atom. The molecule has 180 valence electrons. The second kappa shape index (κ2) is 9.66. The van der Waals surface area contributed by atoms with Crippen LogP contribution in [0.3, 0.4) is 0 Å². The maximum absolute atomic E-state index is 13.0. The Morgan fingerprint density at radius 3 is 2.11 bits per heavy atom. The van der Waals surface area contributed by atoms with Gasteiger partial charge in [0.2, 0.25) is 0 Å². The van der Waals surface area contributed by atoms with Gasteiger partial charge in [0, 0.05) is 5.39 Å². The van der Waals surface area contributed by atoms with Crippen LogP contribution in [0.4, 0.5) is 4.79 Å². The molecule has 0 aliphatic carbocycles. The number of carbonyl (C=O) groups excluding carboxylic acids is 1. The SMILES string of the molecule is Cc1ccc2c(c1)cc(COc1ccc(-c3ccc(CC(=O)O)cc3)cc1)n2C(=O)OC(C)(C)C. The van der Waals surface area contributed by atoms with Crippen molar-refractivity contribution < 1.29 is 24.2 Å². The number of rotatable bonds is 6. The molecule has 4 aromatic rings. The molecule has 0 atom stereocenters. The fraction of sp³-hybridized carbons (Fsp3) is 0.241. The summed E-state index contributed by atoms with van der Waals surface area (Å²) in [5, 5.41) is 9.88. The van der Waals surface area contributed by atoms with E-state index in [0.717, 1.165) is 33.2 Å². The third kappa shape index (κ3) is 5.90. The molecule has 0 aliphatic heterocycles. The number of ether oxygens (including phenoxy) is 2. The molecule has 4 rings (SSSR count). The third-order valence-corrected chi connectivity index (χ3v) is 5.49. The van der Waals surface area contributed by atoms with Gasteiger partial charge in [0.1, 0.15) is 18.0 Å². The van der Waals surface area contributed by atoms with E-state index in [1.807, 2.05) is 100 Å². The number of fused-ring (bicyclic) bond motifs is 1. The topological polar surface area (TPSA) is 77.8 Å². The fourth-order valence-electron chi connectivity index (χ4n) is 3.91. The first-order valence-corrected chi connectivity index (χ1v) is 11.5. The second-order valence-electron chi connectivity index (χ2n) is 9.59. The van der Waals surface area contributed by atoms with Crippen molar-refractivity contribution >= 4 is 23.0 Å². The molecular weight excluding hydrogens is 442 g/mol. The summed E-state index contributed by atoms with van der Waals surface area (Å²) in [6.07, 6.45) is -0.427. The maximum Gasteiger partial charge on any atom is 0.419 e. The van der Waals surface area contributed by atoms with Gasteiger partial charge in [-0.05, 0) is 74.7 Å². The van der Waals surface area contributed by atoms with Gasteiger partial charge in [-0.25, -0.2) is 9.36 Å². The van der Waals surface area contributed by atoms with E-state index in [1.54, 1.807) is 4.57 Å². The van der Waals surface area contributed by atoms with Crippen LogP contribution < -0.4 is 4.74 Å². The first-order valence-electron chi connectivity index (χ1n) is 11.5. The lowest BCUT2D eigenvalue weighted by Gasteiger charge is -2.21. The first kappa shape index (κ1) is 24.1. The normalized spacial score (nSPS) is 11.4. The maximum atomic E-state index is 13.0. The molecule has 0 unspecified atom stereocenters. The van der Waals surface area contributed by atoms with Crippen molar-refractivity contribution in [3.8, 4) is 16.9 Å². The lowest BCUT2D eigenvalue weighted by atomic mass is 10.0. The molecule has 6 nitrogen and oxygen atoms in total. The smallest absolute Gasteiger partial charge is 0.419 e. The Hall–Kier alpha value is -4.06. The van der Waals surface area contributed by atoms with Crippen LogP contribution in [0.15, 0.2) is 72.8 Å². The van der Waals surface area contributed by atoms with Crippen molar-refractivity contribution in [1.82, 2.24) is 4.57 Å². The Morgan fingerprint density at radius 2 is 1.51 bits per heavy atom. The molecule has 0 bridgehead atoms. The quantitative estimate of drug-likeness (QED) is 0.342. The van der Waals surface area contributed by atoms with Gasteiger partial charge in [-0.1, -0.05) is 48.0 Å². The van der Waals surface area contributed by atoms with E-state index in [1.165, 1.54) is 0 Å². The van der Waals surface area contributed by atoms with Crippen molar-refractivity contribution in [3.63, 3.8) is 0 Å². The summed E-state index contributed by atoms with van der Waals surface area (Å²) in [5.41, 5.74) is 4.74. The van der Waals surface area contributed by atoms with Gasteiger partial charge in [-0.2, -0.15) is 0 Å². The predicted molar refractivity (Wildman–Crippen MR) is 136 cm³/mol. The van der Waals surface area contributed by atoms with Crippen molar-refractivity contribution in [1.29, 1.82) is 0 Å². The van der Waals surface area contributed by atoms with Gasteiger partial charge >= 0.3 is 12.1 Å². The minimum Gasteiger partial charge on any atom is -0.487 e. The highest BCUT2D eigenvalue weighted by Gasteiger charge is 2.22. The zero-order valence-corrected chi connectivity index (χ0v) is 20.4. The summed E-state index contributed by atoms with van der Waals surface area (Å²) in [5.74, 6) is -0.173. The Labute approximate surface area is 204 Å². The standard InChI is InChI=1S/C29H29NO5/c1-19-5-14-26-23(15-19)17-24(30(26)28(33)35-29(2,3)4)18-34-25-12-10-22(11-13-25)21-8-6-20(7-9-21)16-27(31)32/h5-15,17H,16,18H2,1-4H3,(H,31,32). The zero-order chi connectivity index (χ0) is 25.2. The summed E-state index contributed by atoms with van der Waals surface area (Å²) < 4.78 is 13.3. The highest BCUT2D eigenvalue weighted by atomic mass is 16.6. The van der Waals surface area contributed by atoms with E-state index in [-0.39, 0.29) is 13.0 Å². The number of benzene rings is 3. The molecule has 35 heavy (non-hydrogen) atoms. The molecule has 1 aromatic heterocycles. The summed E-state index contributed by atoms with van der Waals surface area (Å²) in [4.78, 5) is 23.9. The highest BCUT2D eigenvalue weighted by molar-refractivity contribution is 5.91.